The number of rotatable bonds is 3. The average molecular weight is 307 g/mol. The average Bonchev–Trinajstić information content (AvgIpc) is 2.55. The van der Waals surface area contributed by atoms with Gasteiger partial charge in [-0.25, -0.2) is 0 Å². The van der Waals surface area contributed by atoms with Gasteiger partial charge in [-0.1, -0.05) is 47.5 Å². The second-order valence-corrected chi connectivity index (χ2v) is 5.98. The molecular formula is C20H21NO2. The molecule has 3 rings (SSSR count). The van der Waals surface area contributed by atoms with E-state index in [0.717, 1.165) is 23.3 Å². The third-order valence-electron chi connectivity index (χ3n) is 4.03. The predicted octanol–water partition coefficient (Wildman–Crippen LogP) is 3.96. The van der Waals surface area contributed by atoms with Gasteiger partial charge in [-0.15, -0.1) is 0 Å². The molecule has 3 heteroatoms. The highest BCUT2D eigenvalue weighted by molar-refractivity contribution is 5.92. The van der Waals surface area contributed by atoms with Crippen molar-refractivity contribution >= 4 is 12.0 Å². The SMILES string of the molecule is Cc1ccc(/C=C/C(=O)NC2CCOc3ccc(C)cc32)cc1. The number of hydrogen-bond donors (Lipinski definition) is 1. The Labute approximate surface area is 137 Å². The Bertz CT molecular complexity index is 732. The van der Waals surface area contributed by atoms with Gasteiger partial charge < -0.3 is 10.1 Å². The molecule has 23 heavy (non-hydrogen) atoms. The van der Waals surface area contributed by atoms with E-state index in [1.165, 1.54) is 11.1 Å². The van der Waals surface area contributed by atoms with Crippen LogP contribution in [0.1, 0.15) is 34.7 Å². The summed E-state index contributed by atoms with van der Waals surface area (Å²) >= 11 is 0. The number of carbonyl (C=O) groups excluding carboxylic acids is 1. The van der Waals surface area contributed by atoms with Gasteiger partial charge in [-0.2, -0.15) is 0 Å². The second kappa shape index (κ2) is 6.69. The summed E-state index contributed by atoms with van der Waals surface area (Å²) < 4.78 is 5.66. The van der Waals surface area contributed by atoms with Crippen molar-refractivity contribution in [3.63, 3.8) is 0 Å². The van der Waals surface area contributed by atoms with Crippen LogP contribution in [0.2, 0.25) is 0 Å². The van der Waals surface area contributed by atoms with Crippen LogP contribution in [0, 0.1) is 13.8 Å². The molecule has 118 valence electrons. The van der Waals surface area contributed by atoms with E-state index in [0.29, 0.717) is 6.61 Å². The first kappa shape index (κ1) is 15.3. The van der Waals surface area contributed by atoms with Crippen molar-refractivity contribution < 1.29 is 9.53 Å². The molecule has 1 atom stereocenters. The highest BCUT2D eigenvalue weighted by Crippen LogP contribution is 2.32. The van der Waals surface area contributed by atoms with Crippen LogP contribution in [-0.2, 0) is 4.79 Å². The minimum atomic E-state index is -0.0788. The number of ether oxygens (including phenoxy) is 1. The summed E-state index contributed by atoms with van der Waals surface area (Å²) in [6.45, 7) is 4.72. The normalized spacial score (nSPS) is 16.7. The van der Waals surface area contributed by atoms with Crippen molar-refractivity contribution in [2.75, 3.05) is 6.61 Å². The molecule has 1 N–H and O–H groups in total. The van der Waals surface area contributed by atoms with Crippen molar-refractivity contribution in [2.24, 2.45) is 0 Å². The summed E-state index contributed by atoms with van der Waals surface area (Å²) in [5.74, 6) is 0.791. The van der Waals surface area contributed by atoms with Crippen LogP contribution in [0.25, 0.3) is 6.08 Å². The minimum absolute atomic E-state index is 0.00816. The molecule has 0 bridgehead atoms. The quantitative estimate of drug-likeness (QED) is 0.872. The van der Waals surface area contributed by atoms with Gasteiger partial charge in [-0.3, -0.25) is 4.79 Å². The Morgan fingerprint density at radius 2 is 1.87 bits per heavy atom. The number of aryl methyl sites for hydroxylation is 2. The van der Waals surface area contributed by atoms with Crippen molar-refractivity contribution in [3.8, 4) is 5.75 Å². The van der Waals surface area contributed by atoms with Crippen LogP contribution in [0.5, 0.6) is 5.75 Å². The van der Waals surface area contributed by atoms with Crippen molar-refractivity contribution in [1.29, 1.82) is 0 Å². The van der Waals surface area contributed by atoms with Crippen molar-refractivity contribution in [2.45, 2.75) is 26.3 Å². The van der Waals surface area contributed by atoms with Gasteiger partial charge in [0.1, 0.15) is 5.75 Å². The Hall–Kier alpha value is -2.55. The molecule has 2 aromatic carbocycles. The van der Waals surface area contributed by atoms with E-state index in [-0.39, 0.29) is 11.9 Å². The van der Waals surface area contributed by atoms with Crippen molar-refractivity contribution in [3.05, 3.63) is 70.8 Å². The Morgan fingerprint density at radius 3 is 2.65 bits per heavy atom. The van der Waals surface area contributed by atoms with E-state index in [1.54, 1.807) is 6.08 Å². The van der Waals surface area contributed by atoms with Gasteiger partial charge in [0.05, 0.1) is 12.6 Å². The maximum atomic E-state index is 12.2. The standard InChI is InChI=1S/C20H21NO2/c1-14-3-6-16(7-4-14)8-10-20(22)21-18-11-12-23-19-9-5-15(2)13-17(18)19/h3-10,13,18H,11-12H2,1-2H3,(H,21,22)/b10-8+. The van der Waals surface area contributed by atoms with Gasteiger partial charge in [0.15, 0.2) is 0 Å². The summed E-state index contributed by atoms with van der Waals surface area (Å²) in [7, 11) is 0. The van der Waals surface area contributed by atoms with E-state index in [4.69, 9.17) is 4.74 Å². The van der Waals surface area contributed by atoms with Gasteiger partial charge in [-0.05, 0) is 31.6 Å². The molecule has 1 aliphatic rings. The molecule has 2 aromatic rings. The highest BCUT2D eigenvalue weighted by Gasteiger charge is 2.22. The molecule has 0 saturated carbocycles. The van der Waals surface area contributed by atoms with E-state index >= 15 is 0 Å². The summed E-state index contributed by atoms with van der Waals surface area (Å²) in [6.07, 6.45) is 4.22. The summed E-state index contributed by atoms with van der Waals surface area (Å²) in [5.41, 5.74) is 4.46. The number of nitrogens with one attached hydrogen (secondary N) is 1. The van der Waals surface area contributed by atoms with Crippen LogP contribution >= 0.6 is 0 Å². The lowest BCUT2D eigenvalue weighted by Gasteiger charge is -2.26. The molecule has 0 aromatic heterocycles. The summed E-state index contributed by atoms with van der Waals surface area (Å²) in [4.78, 5) is 12.2. The third kappa shape index (κ3) is 3.81. The zero-order chi connectivity index (χ0) is 16.2. The molecule has 0 aliphatic carbocycles. The number of hydrogen-bond acceptors (Lipinski definition) is 2. The summed E-state index contributed by atoms with van der Waals surface area (Å²) in [6, 6.07) is 14.2. The number of fused-ring (bicyclic) bond motifs is 1. The van der Waals surface area contributed by atoms with Crippen LogP contribution in [0.3, 0.4) is 0 Å². The fourth-order valence-electron chi connectivity index (χ4n) is 2.73. The smallest absolute Gasteiger partial charge is 0.244 e. The van der Waals surface area contributed by atoms with Gasteiger partial charge in [0.25, 0.3) is 0 Å². The lowest BCUT2D eigenvalue weighted by Crippen LogP contribution is -2.31. The molecule has 1 aliphatic heterocycles. The monoisotopic (exact) mass is 307 g/mol. The van der Waals surface area contributed by atoms with Crippen LogP contribution in [0.15, 0.2) is 48.5 Å². The first-order valence-corrected chi connectivity index (χ1v) is 7.90. The molecule has 0 saturated heterocycles. The van der Waals surface area contributed by atoms with E-state index in [2.05, 4.69) is 11.4 Å². The molecule has 1 heterocycles. The zero-order valence-electron chi connectivity index (χ0n) is 13.5. The number of carbonyl (C=O) groups is 1. The molecule has 1 amide bonds. The van der Waals surface area contributed by atoms with Gasteiger partial charge in [0, 0.05) is 18.1 Å². The zero-order valence-corrected chi connectivity index (χ0v) is 13.5. The fourth-order valence-corrected chi connectivity index (χ4v) is 2.73. The molecule has 0 fully saturated rings. The van der Waals surface area contributed by atoms with E-state index < -0.39 is 0 Å². The lowest BCUT2D eigenvalue weighted by molar-refractivity contribution is -0.117. The largest absolute Gasteiger partial charge is 0.493 e. The van der Waals surface area contributed by atoms with E-state index in [1.807, 2.05) is 56.3 Å². The van der Waals surface area contributed by atoms with Gasteiger partial charge in [0.2, 0.25) is 5.91 Å². The first-order chi connectivity index (χ1) is 11.1. The number of benzene rings is 2. The topological polar surface area (TPSA) is 38.3 Å². The lowest BCUT2D eigenvalue weighted by atomic mass is 9.98. The molecular weight excluding hydrogens is 286 g/mol. The van der Waals surface area contributed by atoms with Gasteiger partial charge >= 0.3 is 0 Å². The fraction of sp³-hybridized carbons (Fsp3) is 0.250. The Morgan fingerprint density at radius 1 is 1.13 bits per heavy atom. The van der Waals surface area contributed by atoms with Crippen LogP contribution < -0.4 is 10.1 Å². The number of amides is 1. The first-order valence-electron chi connectivity index (χ1n) is 7.90. The second-order valence-electron chi connectivity index (χ2n) is 5.98. The molecule has 0 radical (unpaired) electrons. The van der Waals surface area contributed by atoms with Crippen LogP contribution in [0.4, 0.5) is 0 Å². The molecule has 1 unspecified atom stereocenters. The molecule has 3 nitrogen and oxygen atoms in total. The third-order valence-corrected chi connectivity index (χ3v) is 4.03. The highest BCUT2D eigenvalue weighted by atomic mass is 16.5. The van der Waals surface area contributed by atoms with Crippen LogP contribution in [-0.4, -0.2) is 12.5 Å². The maximum Gasteiger partial charge on any atom is 0.244 e. The van der Waals surface area contributed by atoms with Crippen molar-refractivity contribution in [1.82, 2.24) is 5.32 Å². The van der Waals surface area contributed by atoms with E-state index in [9.17, 15) is 4.79 Å². The summed E-state index contributed by atoms with van der Waals surface area (Å²) in [5, 5.41) is 3.08. The maximum absolute atomic E-state index is 12.2. The Balaban J connectivity index is 1.69. The molecule has 0 spiro atoms. The Kier molecular flexibility index (Phi) is 4.47. The minimum Gasteiger partial charge on any atom is -0.493 e. The predicted molar refractivity (Wildman–Crippen MR) is 92.4 cm³/mol.